The van der Waals surface area contributed by atoms with Crippen molar-refractivity contribution in [3.8, 4) is 0 Å². The molecule has 0 aliphatic heterocycles. The average molecular weight is 164 g/mol. The Morgan fingerprint density at radius 1 is 1.00 bits per heavy atom. The van der Waals surface area contributed by atoms with Gasteiger partial charge in [-0.25, -0.2) is 0 Å². The van der Waals surface area contributed by atoms with E-state index >= 15 is 0 Å². The second-order valence-corrected chi connectivity index (χ2v) is 2.91. The smallest absolute Gasteiger partial charge is 0.0342 e. The summed E-state index contributed by atoms with van der Waals surface area (Å²) in [6, 6.07) is 10.5. The third-order valence-electron chi connectivity index (χ3n) is 1.36. The van der Waals surface area contributed by atoms with Crippen LogP contribution >= 0.6 is 11.3 Å². The summed E-state index contributed by atoms with van der Waals surface area (Å²) in [5.41, 5.74) is 0. The molecule has 0 bridgehead atoms. The molecule has 0 aliphatic rings. The van der Waals surface area contributed by atoms with Gasteiger partial charge >= 0.3 is 0 Å². The van der Waals surface area contributed by atoms with Gasteiger partial charge < -0.3 is 0 Å². The maximum atomic E-state index is 2.14. The Kier molecular flexibility index (Phi) is 3.12. The molecular weight excluding hydrogens is 152 g/mol. The van der Waals surface area contributed by atoms with E-state index in [1.165, 1.54) is 10.1 Å². The first-order valence-corrected chi connectivity index (χ1v) is 4.77. The molecule has 11 heavy (non-hydrogen) atoms. The summed E-state index contributed by atoms with van der Waals surface area (Å²) >= 11 is 1.79. The van der Waals surface area contributed by atoms with Crippen molar-refractivity contribution in [2.45, 2.75) is 13.8 Å². The zero-order chi connectivity index (χ0) is 8.10. The van der Waals surface area contributed by atoms with Gasteiger partial charge in [-0.05, 0) is 22.9 Å². The Labute approximate surface area is 71.5 Å². The zero-order valence-electron chi connectivity index (χ0n) is 6.87. The second-order valence-electron chi connectivity index (χ2n) is 1.96. The fourth-order valence-electron chi connectivity index (χ4n) is 0.906. The zero-order valence-corrected chi connectivity index (χ0v) is 7.69. The fraction of sp³-hybridized carbons (Fsp3) is 0.200. The van der Waals surface area contributed by atoms with E-state index in [4.69, 9.17) is 0 Å². The first-order chi connectivity index (χ1) is 5.47. The Hall–Kier alpha value is -0.820. The van der Waals surface area contributed by atoms with Crippen molar-refractivity contribution in [3.63, 3.8) is 0 Å². The summed E-state index contributed by atoms with van der Waals surface area (Å²) in [5, 5.41) is 3.47. The van der Waals surface area contributed by atoms with Crippen molar-refractivity contribution >= 4 is 21.4 Å². The Morgan fingerprint density at radius 2 is 1.73 bits per heavy atom. The van der Waals surface area contributed by atoms with E-state index in [9.17, 15) is 0 Å². The van der Waals surface area contributed by atoms with E-state index in [0.717, 1.165) is 0 Å². The second kappa shape index (κ2) is 4.14. The molecule has 0 saturated carbocycles. The van der Waals surface area contributed by atoms with Gasteiger partial charge in [0.25, 0.3) is 0 Å². The van der Waals surface area contributed by atoms with Crippen molar-refractivity contribution in [1.29, 1.82) is 0 Å². The van der Waals surface area contributed by atoms with Crippen LogP contribution in [-0.2, 0) is 0 Å². The Bertz CT molecular complexity index is 279. The van der Waals surface area contributed by atoms with Crippen LogP contribution in [0.4, 0.5) is 0 Å². The quantitative estimate of drug-likeness (QED) is 0.553. The lowest BCUT2D eigenvalue weighted by atomic mass is 10.3. The van der Waals surface area contributed by atoms with Crippen LogP contribution in [0.25, 0.3) is 10.1 Å². The van der Waals surface area contributed by atoms with E-state index in [-0.39, 0.29) is 0 Å². The fourth-order valence-corrected chi connectivity index (χ4v) is 1.70. The van der Waals surface area contributed by atoms with Crippen molar-refractivity contribution < 1.29 is 0 Å². The maximum Gasteiger partial charge on any atom is 0.0342 e. The molecule has 2 rings (SSSR count). The summed E-state index contributed by atoms with van der Waals surface area (Å²) in [4.78, 5) is 0. The topological polar surface area (TPSA) is 0 Å². The van der Waals surface area contributed by atoms with E-state index in [0.29, 0.717) is 0 Å². The molecule has 0 N–H and O–H groups in total. The molecule has 1 aromatic carbocycles. The molecule has 58 valence electrons. The lowest BCUT2D eigenvalue weighted by Gasteiger charge is -1.82. The molecule has 1 heteroatoms. The molecule has 0 aliphatic carbocycles. The van der Waals surface area contributed by atoms with Gasteiger partial charge in [-0.1, -0.05) is 32.0 Å². The van der Waals surface area contributed by atoms with Crippen LogP contribution in [-0.4, -0.2) is 0 Å². The van der Waals surface area contributed by atoms with Gasteiger partial charge in [-0.2, -0.15) is 0 Å². The molecule has 0 atom stereocenters. The first-order valence-electron chi connectivity index (χ1n) is 3.89. The number of fused-ring (bicyclic) bond motifs is 1. The third kappa shape index (κ3) is 1.81. The highest BCUT2D eigenvalue weighted by molar-refractivity contribution is 7.17. The van der Waals surface area contributed by atoms with Crippen LogP contribution in [0.15, 0.2) is 35.7 Å². The standard InChI is InChI=1S/C8H6S.C2H6/c1-2-4-8-7(3-1)5-6-9-8;1-2/h1-6H;1-2H3. The number of thiophene rings is 1. The molecule has 0 radical (unpaired) electrons. The summed E-state index contributed by atoms with van der Waals surface area (Å²) in [6.45, 7) is 4.00. The first kappa shape index (κ1) is 8.28. The van der Waals surface area contributed by atoms with Gasteiger partial charge in [-0.15, -0.1) is 11.3 Å². The Morgan fingerprint density at radius 3 is 2.45 bits per heavy atom. The van der Waals surface area contributed by atoms with Crippen LogP contribution in [0.2, 0.25) is 0 Å². The molecule has 2 aromatic rings. The SMILES string of the molecule is CC.c1ccc2sccc2c1. The third-order valence-corrected chi connectivity index (χ3v) is 2.26. The van der Waals surface area contributed by atoms with Crippen molar-refractivity contribution in [3.05, 3.63) is 35.7 Å². The summed E-state index contributed by atoms with van der Waals surface area (Å²) in [7, 11) is 0. The number of rotatable bonds is 0. The molecule has 1 heterocycles. The number of benzene rings is 1. The van der Waals surface area contributed by atoms with Crippen molar-refractivity contribution in [2.24, 2.45) is 0 Å². The van der Waals surface area contributed by atoms with Crippen LogP contribution in [0.5, 0.6) is 0 Å². The predicted octanol–water partition coefficient (Wildman–Crippen LogP) is 3.93. The lowest BCUT2D eigenvalue weighted by molar-refractivity contribution is 1.50. The molecule has 1 aromatic heterocycles. The predicted molar refractivity (Wildman–Crippen MR) is 53.2 cm³/mol. The largest absolute Gasteiger partial charge is 0.144 e. The minimum atomic E-state index is 1.35. The Balaban J connectivity index is 0.000000281. The number of hydrogen-bond donors (Lipinski definition) is 0. The highest BCUT2D eigenvalue weighted by Crippen LogP contribution is 2.18. The van der Waals surface area contributed by atoms with Gasteiger partial charge in [0, 0.05) is 4.70 Å². The molecule has 0 fully saturated rings. The van der Waals surface area contributed by atoms with E-state index < -0.39 is 0 Å². The summed E-state index contributed by atoms with van der Waals surface area (Å²) < 4.78 is 1.37. The van der Waals surface area contributed by atoms with Crippen LogP contribution in [0.3, 0.4) is 0 Å². The van der Waals surface area contributed by atoms with Crippen molar-refractivity contribution in [1.82, 2.24) is 0 Å². The molecule has 0 saturated heterocycles. The normalized spacial score (nSPS) is 8.91. The molecule has 0 nitrogen and oxygen atoms in total. The van der Waals surface area contributed by atoms with Gasteiger partial charge in [0.15, 0.2) is 0 Å². The highest BCUT2D eigenvalue weighted by Gasteiger charge is 1.87. The molecular formula is C10H12S. The average Bonchev–Trinajstić information content (AvgIpc) is 2.55. The van der Waals surface area contributed by atoms with Crippen LogP contribution < -0.4 is 0 Å². The summed E-state index contributed by atoms with van der Waals surface area (Å²) in [5.74, 6) is 0. The van der Waals surface area contributed by atoms with Crippen molar-refractivity contribution in [2.75, 3.05) is 0 Å². The lowest BCUT2D eigenvalue weighted by Crippen LogP contribution is -1.56. The highest BCUT2D eigenvalue weighted by atomic mass is 32.1. The van der Waals surface area contributed by atoms with Crippen LogP contribution in [0.1, 0.15) is 13.8 Å². The van der Waals surface area contributed by atoms with Gasteiger partial charge in [0.05, 0.1) is 0 Å². The van der Waals surface area contributed by atoms with E-state index in [1.807, 2.05) is 13.8 Å². The number of hydrogen-bond acceptors (Lipinski definition) is 1. The minimum Gasteiger partial charge on any atom is -0.144 e. The van der Waals surface area contributed by atoms with E-state index in [2.05, 4.69) is 35.7 Å². The maximum absolute atomic E-state index is 2.14. The van der Waals surface area contributed by atoms with E-state index in [1.54, 1.807) is 11.3 Å². The molecule has 0 spiro atoms. The summed E-state index contributed by atoms with van der Waals surface area (Å²) in [6.07, 6.45) is 0. The van der Waals surface area contributed by atoms with Crippen LogP contribution in [0, 0.1) is 0 Å². The van der Waals surface area contributed by atoms with Gasteiger partial charge in [0.1, 0.15) is 0 Å². The minimum absolute atomic E-state index is 1.35. The van der Waals surface area contributed by atoms with Gasteiger partial charge in [-0.3, -0.25) is 0 Å². The molecule has 0 amide bonds. The monoisotopic (exact) mass is 164 g/mol. The molecule has 0 unspecified atom stereocenters. The van der Waals surface area contributed by atoms with Gasteiger partial charge in [0.2, 0.25) is 0 Å².